The molecule has 0 unspecified atom stereocenters. The summed E-state index contributed by atoms with van der Waals surface area (Å²) < 4.78 is 0. The molecule has 1 N–H and O–H groups in total. The third-order valence-corrected chi connectivity index (χ3v) is 1.53. The first-order chi connectivity index (χ1) is 5.65. The van der Waals surface area contributed by atoms with Gasteiger partial charge in [-0.1, -0.05) is 6.07 Å². The van der Waals surface area contributed by atoms with E-state index >= 15 is 0 Å². The number of nitro benzene ring substituents is 1. The maximum atomic E-state index is 10.5. The zero-order chi connectivity index (χ0) is 9.14. The summed E-state index contributed by atoms with van der Waals surface area (Å²) in [5, 5.41) is 13.2. The topological polar surface area (TPSA) is 55.2 Å². The maximum absolute atomic E-state index is 10.5. The summed E-state index contributed by atoms with van der Waals surface area (Å²) in [5.41, 5.74) is 1.21. The van der Waals surface area contributed by atoms with Gasteiger partial charge in [0.15, 0.2) is 0 Å². The highest BCUT2D eigenvalue weighted by Gasteiger charge is 2.11. The lowest BCUT2D eigenvalue weighted by Gasteiger charge is -2.01. The molecule has 0 spiro atoms. The lowest BCUT2D eigenvalue weighted by atomic mass is 10.2. The van der Waals surface area contributed by atoms with Gasteiger partial charge in [0.1, 0.15) is 5.69 Å². The summed E-state index contributed by atoms with van der Waals surface area (Å²) in [4.78, 5) is 10.0. The van der Waals surface area contributed by atoms with Crippen LogP contribution in [0.4, 0.5) is 11.4 Å². The lowest BCUT2D eigenvalue weighted by molar-refractivity contribution is -0.384. The molecule has 0 heterocycles. The predicted molar refractivity (Wildman–Crippen MR) is 47.1 cm³/mol. The summed E-state index contributed by atoms with van der Waals surface area (Å²) >= 11 is 0. The molecule has 0 saturated heterocycles. The SMILES string of the molecule is [CH2]c1ccc(NC)c([N+](=O)[O-])c1. The van der Waals surface area contributed by atoms with Gasteiger partial charge >= 0.3 is 0 Å². The average molecular weight is 165 g/mol. The Kier molecular flexibility index (Phi) is 2.28. The average Bonchev–Trinajstić information content (AvgIpc) is 2.04. The van der Waals surface area contributed by atoms with Gasteiger partial charge in [0.25, 0.3) is 5.69 Å². The molecular weight excluding hydrogens is 156 g/mol. The molecule has 0 amide bonds. The van der Waals surface area contributed by atoms with Crippen LogP contribution in [0.3, 0.4) is 0 Å². The fourth-order valence-electron chi connectivity index (χ4n) is 0.940. The quantitative estimate of drug-likeness (QED) is 0.537. The molecule has 0 aliphatic rings. The van der Waals surface area contributed by atoms with Crippen molar-refractivity contribution in [2.24, 2.45) is 0 Å². The molecule has 4 heteroatoms. The number of hydrogen-bond donors (Lipinski definition) is 1. The Morgan fingerprint density at radius 3 is 2.75 bits per heavy atom. The second-order valence-electron chi connectivity index (χ2n) is 2.36. The molecule has 0 bridgehead atoms. The first kappa shape index (κ1) is 8.52. The van der Waals surface area contributed by atoms with Gasteiger partial charge in [0.05, 0.1) is 4.92 Å². The molecule has 1 radical (unpaired) electrons. The smallest absolute Gasteiger partial charge is 0.292 e. The van der Waals surface area contributed by atoms with Crippen molar-refractivity contribution in [3.63, 3.8) is 0 Å². The number of anilines is 1. The first-order valence-corrected chi connectivity index (χ1v) is 3.43. The van der Waals surface area contributed by atoms with Crippen molar-refractivity contribution in [2.45, 2.75) is 0 Å². The third-order valence-electron chi connectivity index (χ3n) is 1.53. The number of rotatable bonds is 2. The van der Waals surface area contributed by atoms with Crippen molar-refractivity contribution in [3.8, 4) is 0 Å². The van der Waals surface area contributed by atoms with Crippen LogP contribution in [0.2, 0.25) is 0 Å². The Bertz CT molecular complexity index is 310. The van der Waals surface area contributed by atoms with Gasteiger partial charge in [-0.2, -0.15) is 0 Å². The van der Waals surface area contributed by atoms with E-state index in [0.717, 1.165) is 0 Å². The minimum Gasteiger partial charge on any atom is -0.383 e. The molecule has 0 aromatic heterocycles. The molecule has 1 aromatic carbocycles. The van der Waals surface area contributed by atoms with Gasteiger partial charge in [0.2, 0.25) is 0 Å². The van der Waals surface area contributed by atoms with Crippen LogP contribution in [-0.2, 0) is 0 Å². The van der Waals surface area contributed by atoms with E-state index in [1.165, 1.54) is 6.07 Å². The van der Waals surface area contributed by atoms with E-state index < -0.39 is 4.92 Å². The maximum Gasteiger partial charge on any atom is 0.292 e. The van der Waals surface area contributed by atoms with E-state index in [-0.39, 0.29) is 5.69 Å². The van der Waals surface area contributed by atoms with Gasteiger partial charge in [-0.3, -0.25) is 10.1 Å². The van der Waals surface area contributed by atoms with Crippen LogP contribution in [0.1, 0.15) is 5.56 Å². The van der Waals surface area contributed by atoms with E-state index in [1.807, 2.05) is 0 Å². The highest BCUT2D eigenvalue weighted by molar-refractivity contribution is 5.62. The Morgan fingerprint density at radius 2 is 2.25 bits per heavy atom. The molecule has 0 fully saturated rings. The lowest BCUT2D eigenvalue weighted by Crippen LogP contribution is -1.96. The molecular formula is C8H9N2O2. The van der Waals surface area contributed by atoms with Gasteiger partial charge < -0.3 is 5.32 Å². The minimum absolute atomic E-state index is 0.0602. The second kappa shape index (κ2) is 3.21. The van der Waals surface area contributed by atoms with Gasteiger partial charge in [-0.25, -0.2) is 0 Å². The van der Waals surface area contributed by atoms with Crippen molar-refractivity contribution >= 4 is 11.4 Å². The van der Waals surface area contributed by atoms with Crippen molar-refractivity contribution < 1.29 is 4.92 Å². The molecule has 4 nitrogen and oxygen atoms in total. The Balaban J connectivity index is 3.21. The number of benzene rings is 1. The number of nitrogens with zero attached hydrogens (tertiary/aromatic N) is 1. The Morgan fingerprint density at radius 1 is 1.58 bits per heavy atom. The van der Waals surface area contributed by atoms with Gasteiger partial charge in [0, 0.05) is 13.1 Å². The molecule has 0 atom stereocenters. The van der Waals surface area contributed by atoms with E-state index in [4.69, 9.17) is 0 Å². The van der Waals surface area contributed by atoms with Crippen LogP contribution >= 0.6 is 0 Å². The van der Waals surface area contributed by atoms with Crippen molar-refractivity contribution in [3.05, 3.63) is 40.8 Å². The number of nitrogens with one attached hydrogen (secondary N) is 1. The summed E-state index contributed by atoms with van der Waals surface area (Å²) in [6.45, 7) is 3.61. The molecule has 0 saturated carbocycles. The Labute approximate surface area is 70.4 Å². The Hall–Kier alpha value is -1.58. The summed E-state index contributed by atoms with van der Waals surface area (Å²) in [6, 6.07) is 4.80. The zero-order valence-electron chi connectivity index (χ0n) is 6.70. The van der Waals surface area contributed by atoms with E-state index in [9.17, 15) is 10.1 Å². The van der Waals surface area contributed by atoms with E-state index in [2.05, 4.69) is 12.2 Å². The second-order valence-corrected chi connectivity index (χ2v) is 2.36. The molecule has 63 valence electrons. The van der Waals surface area contributed by atoms with Crippen molar-refractivity contribution in [1.29, 1.82) is 0 Å². The summed E-state index contributed by atoms with van der Waals surface area (Å²) in [5.74, 6) is 0. The van der Waals surface area contributed by atoms with Crippen LogP contribution in [-0.4, -0.2) is 12.0 Å². The fraction of sp³-hybridized carbons (Fsp3) is 0.125. The van der Waals surface area contributed by atoms with Gasteiger partial charge in [-0.15, -0.1) is 0 Å². The first-order valence-electron chi connectivity index (χ1n) is 3.43. The minimum atomic E-state index is -0.430. The molecule has 0 aliphatic carbocycles. The molecule has 1 rings (SSSR count). The molecule has 12 heavy (non-hydrogen) atoms. The van der Waals surface area contributed by atoms with Crippen LogP contribution in [0, 0.1) is 17.0 Å². The highest BCUT2D eigenvalue weighted by Crippen LogP contribution is 2.24. The van der Waals surface area contributed by atoms with Crippen LogP contribution < -0.4 is 5.32 Å². The van der Waals surface area contributed by atoms with Crippen molar-refractivity contribution in [2.75, 3.05) is 12.4 Å². The van der Waals surface area contributed by atoms with Crippen LogP contribution in [0.15, 0.2) is 18.2 Å². The predicted octanol–water partition coefficient (Wildman–Crippen LogP) is 1.82. The van der Waals surface area contributed by atoms with E-state index in [0.29, 0.717) is 11.3 Å². The largest absolute Gasteiger partial charge is 0.383 e. The van der Waals surface area contributed by atoms with Crippen LogP contribution in [0.25, 0.3) is 0 Å². The summed E-state index contributed by atoms with van der Waals surface area (Å²) in [6.07, 6.45) is 0. The van der Waals surface area contributed by atoms with E-state index in [1.54, 1.807) is 19.2 Å². The normalized spacial score (nSPS) is 9.50. The molecule has 1 aromatic rings. The highest BCUT2D eigenvalue weighted by atomic mass is 16.6. The monoisotopic (exact) mass is 165 g/mol. The molecule has 0 aliphatic heterocycles. The number of nitro groups is 1. The summed E-state index contributed by atoms with van der Waals surface area (Å²) in [7, 11) is 1.64. The van der Waals surface area contributed by atoms with Crippen LogP contribution in [0.5, 0.6) is 0 Å². The fourth-order valence-corrected chi connectivity index (χ4v) is 0.940. The zero-order valence-corrected chi connectivity index (χ0v) is 6.70. The standard InChI is InChI=1S/C8H9N2O2/c1-6-3-4-7(9-2)8(5-6)10(11)12/h3-5,9H,1H2,2H3. The van der Waals surface area contributed by atoms with Gasteiger partial charge in [-0.05, 0) is 18.6 Å². The third kappa shape index (κ3) is 1.53. The van der Waals surface area contributed by atoms with Crippen molar-refractivity contribution in [1.82, 2.24) is 0 Å². The number of hydrogen-bond acceptors (Lipinski definition) is 3.